The number of aliphatic hydroxyl groups is 1. The minimum Gasteiger partial charge on any atom is -0.441 e. The van der Waals surface area contributed by atoms with Gasteiger partial charge in [0.15, 0.2) is 6.10 Å². The Morgan fingerprint density at radius 1 is 1.11 bits per heavy atom. The first-order valence-electron chi connectivity index (χ1n) is 8.38. The quantitative estimate of drug-likeness (QED) is 0.180. The molecule has 0 bridgehead atoms. The maximum absolute atomic E-state index is 11.8. The van der Waals surface area contributed by atoms with Gasteiger partial charge in [0, 0.05) is 6.54 Å². The highest BCUT2D eigenvalue weighted by Crippen LogP contribution is 2.28. The van der Waals surface area contributed by atoms with Crippen LogP contribution in [0, 0.1) is 0 Å². The molecular weight excluding hydrogens is 374 g/mol. The molecule has 2 rings (SSSR count). The molecule has 2 aliphatic heterocycles. The molecule has 2 fully saturated rings. The molecule has 0 radical (unpaired) electrons. The molecule has 158 valence electrons. The molecule has 0 aromatic heterocycles. The Morgan fingerprint density at radius 2 is 1.85 bits per heavy atom. The summed E-state index contributed by atoms with van der Waals surface area (Å²) in [6.07, 6.45) is -2.48. The van der Waals surface area contributed by atoms with Crippen LogP contribution in [-0.2, 0) is 23.9 Å². The molecule has 1 unspecified atom stereocenters. The summed E-state index contributed by atoms with van der Waals surface area (Å²) in [5, 5.41) is 45.4. The molecule has 0 saturated carbocycles. The maximum atomic E-state index is 11.8. The third kappa shape index (κ3) is 7.40. The van der Waals surface area contributed by atoms with Crippen molar-refractivity contribution in [3.8, 4) is 0 Å². The van der Waals surface area contributed by atoms with Gasteiger partial charge in [0.25, 0.3) is 0 Å². The second kappa shape index (κ2) is 11.0. The molecule has 0 aliphatic carbocycles. The first-order valence-corrected chi connectivity index (χ1v) is 8.38. The molecule has 2 aliphatic rings. The fourth-order valence-corrected chi connectivity index (χ4v) is 2.86. The van der Waals surface area contributed by atoms with Crippen molar-refractivity contribution < 1.29 is 54.6 Å². The highest BCUT2D eigenvalue weighted by atomic mass is 17.1. The van der Waals surface area contributed by atoms with E-state index >= 15 is 0 Å². The topological polar surface area (TPSA) is 183 Å². The second-order valence-electron chi connectivity index (χ2n) is 6.06. The van der Waals surface area contributed by atoms with E-state index in [1.54, 1.807) is 0 Å². The van der Waals surface area contributed by atoms with E-state index in [1.165, 1.54) is 0 Å². The van der Waals surface area contributed by atoms with Crippen molar-refractivity contribution in [2.45, 2.75) is 49.8 Å². The summed E-state index contributed by atoms with van der Waals surface area (Å²) in [5.41, 5.74) is 0. The maximum Gasteiger partial charge on any atom is 0.407 e. The Labute approximate surface area is 154 Å². The number of fused-ring (bicyclic) bond motifs is 1. The van der Waals surface area contributed by atoms with Gasteiger partial charge in [0.2, 0.25) is 0 Å². The zero-order valence-electron chi connectivity index (χ0n) is 14.4. The second-order valence-corrected chi connectivity index (χ2v) is 6.06. The van der Waals surface area contributed by atoms with Crippen molar-refractivity contribution in [2.24, 2.45) is 0 Å². The molecule has 0 spiro atoms. The number of nitrogens with zero attached hydrogens (tertiary/aromatic N) is 2. The lowest BCUT2D eigenvalue weighted by atomic mass is 10.1. The summed E-state index contributed by atoms with van der Waals surface area (Å²) < 4.78 is 15.9. The number of aliphatic hydroxyl groups excluding tert-OH is 1. The van der Waals surface area contributed by atoms with Gasteiger partial charge in [0.1, 0.15) is 31.0 Å². The molecule has 5 atom stereocenters. The first-order chi connectivity index (χ1) is 12.9. The van der Waals surface area contributed by atoms with Gasteiger partial charge < -0.3 is 24.6 Å². The number of nitrogens with one attached hydrogen (secondary N) is 1. The van der Waals surface area contributed by atoms with E-state index < -0.39 is 47.4 Å². The van der Waals surface area contributed by atoms with E-state index in [2.05, 4.69) is 15.0 Å². The van der Waals surface area contributed by atoms with E-state index in [9.17, 15) is 9.90 Å². The standard InChI is InChI=1S/C13H25N3O11/c17-9-6-23-12-10(7-24-11(9)12)26-13(18)14-4-2-1-3-8(27-16(21)22)5-25-15(19)20/h8-12,17,19-22H,1-7H2,(H,14,18)/t8?,9-,10-,11-,12-/m1/s1. The highest BCUT2D eigenvalue weighted by Gasteiger charge is 2.48. The lowest BCUT2D eigenvalue weighted by molar-refractivity contribution is -0.527. The number of alkyl carbamates (subject to hydrolysis) is 1. The van der Waals surface area contributed by atoms with Crippen molar-refractivity contribution in [3.05, 3.63) is 0 Å². The van der Waals surface area contributed by atoms with E-state index in [4.69, 9.17) is 35.0 Å². The molecular formula is C13H25N3O11. The van der Waals surface area contributed by atoms with Crippen LogP contribution in [0.15, 0.2) is 0 Å². The Morgan fingerprint density at radius 3 is 2.56 bits per heavy atom. The van der Waals surface area contributed by atoms with Gasteiger partial charge in [-0.05, 0) is 19.3 Å². The van der Waals surface area contributed by atoms with Gasteiger partial charge in [-0.15, -0.1) is 0 Å². The summed E-state index contributed by atoms with van der Waals surface area (Å²) in [5.74, 6) is 0. The predicted molar refractivity (Wildman–Crippen MR) is 79.3 cm³/mol. The lowest BCUT2D eigenvalue weighted by Gasteiger charge is -2.19. The monoisotopic (exact) mass is 399 g/mol. The Balaban J connectivity index is 1.58. The predicted octanol–water partition coefficient (Wildman–Crippen LogP) is -1.20. The minimum atomic E-state index is -0.868. The van der Waals surface area contributed by atoms with Gasteiger partial charge in [-0.2, -0.15) is 0 Å². The average Bonchev–Trinajstić information content (AvgIpc) is 3.15. The molecule has 14 nitrogen and oxygen atoms in total. The van der Waals surface area contributed by atoms with Crippen molar-refractivity contribution >= 4 is 6.09 Å². The molecule has 27 heavy (non-hydrogen) atoms. The van der Waals surface area contributed by atoms with Crippen LogP contribution in [0.4, 0.5) is 4.79 Å². The van der Waals surface area contributed by atoms with Crippen LogP contribution in [-0.4, -0.2) is 99.7 Å². The number of hydrogen-bond acceptors (Lipinski definition) is 13. The molecule has 2 heterocycles. The van der Waals surface area contributed by atoms with Crippen LogP contribution < -0.4 is 5.32 Å². The van der Waals surface area contributed by atoms with Crippen LogP contribution in [0.2, 0.25) is 0 Å². The van der Waals surface area contributed by atoms with Gasteiger partial charge >= 0.3 is 6.09 Å². The summed E-state index contributed by atoms with van der Waals surface area (Å²) in [4.78, 5) is 20.7. The largest absolute Gasteiger partial charge is 0.441 e. The van der Waals surface area contributed by atoms with Crippen molar-refractivity contribution in [1.82, 2.24) is 16.1 Å². The van der Waals surface area contributed by atoms with Crippen LogP contribution in [0.5, 0.6) is 0 Å². The summed E-state index contributed by atoms with van der Waals surface area (Å²) in [6, 6.07) is 0. The van der Waals surface area contributed by atoms with Crippen LogP contribution in [0.3, 0.4) is 0 Å². The number of unbranched alkanes of at least 4 members (excludes halogenated alkanes) is 1. The molecule has 6 N–H and O–H groups in total. The van der Waals surface area contributed by atoms with Gasteiger partial charge in [-0.3, -0.25) is 20.8 Å². The number of ether oxygens (including phenoxy) is 3. The SMILES string of the molecule is O=C(NCCCCC(CON(O)O)ON(O)O)O[C@@H]1CO[C@H]2[C@@H]1OC[C@H]2O. The third-order valence-corrected chi connectivity index (χ3v) is 4.08. The molecule has 14 heteroatoms. The number of hydrogen-bond donors (Lipinski definition) is 6. The van der Waals surface area contributed by atoms with Gasteiger partial charge in [-0.1, -0.05) is 0 Å². The normalized spacial score (nSPS) is 28.6. The van der Waals surface area contributed by atoms with E-state index in [0.717, 1.165) is 0 Å². The first kappa shape index (κ1) is 22.1. The number of carbonyl (C=O) groups is 1. The van der Waals surface area contributed by atoms with Crippen LogP contribution in [0.25, 0.3) is 0 Å². The number of carbonyl (C=O) groups excluding carboxylic acids is 1. The van der Waals surface area contributed by atoms with Crippen LogP contribution >= 0.6 is 0 Å². The zero-order valence-corrected chi connectivity index (χ0v) is 14.4. The molecule has 2 saturated heterocycles. The van der Waals surface area contributed by atoms with Gasteiger partial charge in [-0.25, -0.2) is 14.5 Å². The zero-order chi connectivity index (χ0) is 19.8. The molecule has 0 aromatic rings. The lowest BCUT2D eigenvalue weighted by Crippen LogP contribution is -2.37. The highest BCUT2D eigenvalue weighted by molar-refractivity contribution is 5.67. The van der Waals surface area contributed by atoms with Crippen molar-refractivity contribution in [2.75, 3.05) is 26.4 Å². The van der Waals surface area contributed by atoms with E-state index in [0.29, 0.717) is 12.8 Å². The number of amides is 1. The molecule has 0 aromatic carbocycles. The summed E-state index contributed by atoms with van der Waals surface area (Å²) in [6.45, 7) is 0.236. The molecule has 1 amide bonds. The Bertz CT molecular complexity index is 455. The smallest absolute Gasteiger partial charge is 0.407 e. The minimum absolute atomic E-state index is 0.146. The summed E-state index contributed by atoms with van der Waals surface area (Å²) >= 11 is 0. The number of rotatable bonds is 11. The van der Waals surface area contributed by atoms with Gasteiger partial charge in [0.05, 0.1) is 24.0 Å². The van der Waals surface area contributed by atoms with E-state index in [-0.39, 0.29) is 32.8 Å². The fourth-order valence-electron chi connectivity index (χ4n) is 2.86. The van der Waals surface area contributed by atoms with Crippen molar-refractivity contribution in [1.29, 1.82) is 0 Å². The van der Waals surface area contributed by atoms with E-state index in [1.807, 2.05) is 0 Å². The van der Waals surface area contributed by atoms with Crippen molar-refractivity contribution in [3.63, 3.8) is 0 Å². The average molecular weight is 399 g/mol. The van der Waals surface area contributed by atoms with Crippen LogP contribution in [0.1, 0.15) is 19.3 Å². The third-order valence-electron chi connectivity index (χ3n) is 4.08. The Kier molecular flexibility index (Phi) is 9.00. The summed E-state index contributed by atoms with van der Waals surface area (Å²) in [7, 11) is 0. The Hall–Kier alpha value is -1.17. The fraction of sp³-hybridized carbons (Fsp3) is 0.923.